The Morgan fingerprint density at radius 1 is 1.42 bits per heavy atom. The van der Waals surface area contributed by atoms with Crippen LogP contribution in [0.1, 0.15) is 5.69 Å². The summed E-state index contributed by atoms with van der Waals surface area (Å²) in [5.41, 5.74) is 6.64. The third kappa shape index (κ3) is 1.14. The van der Waals surface area contributed by atoms with Crippen molar-refractivity contribution in [3.63, 3.8) is 0 Å². The van der Waals surface area contributed by atoms with Crippen LogP contribution in [0, 0.1) is 6.92 Å². The topological polar surface area (TPSA) is 55.0 Å². The Labute approximate surface area is 71.4 Å². The third-order valence-electron chi connectivity index (χ3n) is 2.06. The predicted molar refractivity (Wildman–Crippen MR) is 47.0 cm³/mol. The zero-order valence-corrected chi connectivity index (χ0v) is 7.07. The van der Waals surface area contributed by atoms with E-state index in [1.54, 1.807) is 12.4 Å². The molecule has 0 atom stereocenters. The van der Waals surface area contributed by atoms with Gasteiger partial charge in [-0.2, -0.15) is 0 Å². The summed E-state index contributed by atoms with van der Waals surface area (Å²) < 4.78 is 0. The van der Waals surface area contributed by atoms with Crippen LogP contribution in [0.15, 0.2) is 12.4 Å². The van der Waals surface area contributed by atoms with Gasteiger partial charge in [0, 0.05) is 31.5 Å². The van der Waals surface area contributed by atoms with E-state index in [2.05, 4.69) is 14.9 Å². The van der Waals surface area contributed by atoms with Gasteiger partial charge in [0.05, 0.1) is 5.69 Å². The van der Waals surface area contributed by atoms with Gasteiger partial charge < -0.3 is 10.6 Å². The number of nitrogens with two attached hydrogens (primary N) is 1. The molecule has 0 unspecified atom stereocenters. The van der Waals surface area contributed by atoms with Crippen molar-refractivity contribution < 1.29 is 0 Å². The van der Waals surface area contributed by atoms with Gasteiger partial charge >= 0.3 is 0 Å². The lowest BCUT2D eigenvalue weighted by Crippen LogP contribution is -2.56. The first-order valence-electron chi connectivity index (χ1n) is 4.05. The highest BCUT2D eigenvalue weighted by atomic mass is 15.3. The largest absolute Gasteiger partial charge is 0.352 e. The number of aromatic nitrogens is 2. The summed E-state index contributed by atoms with van der Waals surface area (Å²) in [5, 5.41) is 0. The van der Waals surface area contributed by atoms with Crippen LogP contribution < -0.4 is 10.6 Å². The second kappa shape index (κ2) is 2.71. The molecule has 1 saturated heterocycles. The van der Waals surface area contributed by atoms with E-state index in [9.17, 15) is 0 Å². The summed E-state index contributed by atoms with van der Waals surface area (Å²) in [7, 11) is 0. The van der Waals surface area contributed by atoms with Crippen LogP contribution >= 0.6 is 0 Å². The predicted octanol–water partition coefficient (Wildman–Crippen LogP) is -0.0677. The summed E-state index contributed by atoms with van der Waals surface area (Å²) in [6, 6.07) is 0.311. The minimum Gasteiger partial charge on any atom is -0.352 e. The maximum atomic E-state index is 5.67. The fourth-order valence-corrected chi connectivity index (χ4v) is 1.40. The molecule has 64 valence electrons. The van der Waals surface area contributed by atoms with Crippen molar-refractivity contribution in [1.82, 2.24) is 9.97 Å². The highest BCUT2D eigenvalue weighted by Gasteiger charge is 2.25. The fourth-order valence-electron chi connectivity index (χ4n) is 1.40. The van der Waals surface area contributed by atoms with Crippen molar-refractivity contribution >= 4 is 5.82 Å². The molecule has 4 nitrogen and oxygen atoms in total. The third-order valence-corrected chi connectivity index (χ3v) is 2.06. The van der Waals surface area contributed by atoms with Gasteiger partial charge in [0.25, 0.3) is 0 Å². The molecule has 4 heteroatoms. The Bertz CT molecular complexity index is 280. The monoisotopic (exact) mass is 164 g/mol. The van der Waals surface area contributed by atoms with E-state index in [1.807, 2.05) is 6.92 Å². The van der Waals surface area contributed by atoms with Crippen LogP contribution in [0.5, 0.6) is 0 Å². The number of aryl methyl sites for hydroxylation is 1. The van der Waals surface area contributed by atoms with Gasteiger partial charge in [0.15, 0.2) is 0 Å². The molecule has 0 bridgehead atoms. The van der Waals surface area contributed by atoms with E-state index in [-0.39, 0.29) is 0 Å². The van der Waals surface area contributed by atoms with Crippen molar-refractivity contribution in [2.24, 2.45) is 5.73 Å². The second-order valence-electron chi connectivity index (χ2n) is 3.13. The summed E-state index contributed by atoms with van der Waals surface area (Å²) in [4.78, 5) is 10.6. The number of nitrogens with zero attached hydrogens (tertiary/aromatic N) is 3. The maximum absolute atomic E-state index is 5.67. The Kier molecular flexibility index (Phi) is 1.69. The van der Waals surface area contributed by atoms with E-state index in [0.29, 0.717) is 6.04 Å². The molecule has 1 aromatic heterocycles. The molecule has 1 aliphatic heterocycles. The Morgan fingerprint density at radius 2 is 2.08 bits per heavy atom. The maximum Gasteiger partial charge on any atom is 0.150 e. The van der Waals surface area contributed by atoms with Gasteiger partial charge in [-0.3, -0.25) is 4.98 Å². The number of anilines is 1. The lowest BCUT2D eigenvalue weighted by molar-refractivity contribution is 0.512. The van der Waals surface area contributed by atoms with E-state index in [1.165, 1.54) is 0 Å². The van der Waals surface area contributed by atoms with E-state index < -0.39 is 0 Å². The first kappa shape index (κ1) is 7.49. The zero-order chi connectivity index (χ0) is 8.55. The average Bonchev–Trinajstić information content (AvgIpc) is 2.01. The van der Waals surface area contributed by atoms with Crippen LogP contribution in [-0.2, 0) is 0 Å². The molecule has 0 saturated carbocycles. The first-order valence-corrected chi connectivity index (χ1v) is 4.05. The molecule has 0 aliphatic carbocycles. The van der Waals surface area contributed by atoms with Crippen LogP contribution in [-0.4, -0.2) is 29.1 Å². The number of hydrogen-bond acceptors (Lipinski definition) is 4. The van der Waals surface area contributed by atoms with Crippen LogP contribution in [0.25, 0.3) is 0 Å². The van der Waals surface area contributed by atoms with Crippen LogP contribution in [0.4, 0.5) is 5.82 Å². The van der Waals surface area contributed by atoms with Crippen molar-refractivity contribution in [2.45, 2.75) is 13.0 Å². The molecule has 0 aromatic carbocycles. The quantitative estimate of drug-likeness (QED) is 0.631. The van der Waals surface area contributed by atoms with Crippen LogP contribution in [0.2, 0.25) is 0 Å². The molecule has 2 rings (SSSR count). The van der Waals surface area contributed by atoms with Crippen molar-refractivity contribution in [3.05, 3.63) is 18.1 Å². The first-order chi connectivity index (χ1) is 5.77. The van der Waals surface area contributed by atoms with Gasteiger partial charge in [0.2, 0.25) is 0 Å². The molecule has 1 aromatic rings. The number of hydrogen-bond donors (Lipinski definition) is 1. The number of rotatable bonds is 1. The molecule has 0 radical (unpaired) electrons. The molecule has 2 heterocycles. The molecule has 12 heavy (non-hydrogen) atoms. The summed E-state index contributed by atoms with van der Waals surface area (Å²) >= 11 is 0. The lowest BCUT2D eigenvalue weighted by atomic mass is 10.1. The van der Waals surface area contributed by atoms with Crippen molar-refractivity contribution in [1.29, 1.82) is 0 Å². The normalized spacial score (nSPS) is 17.7. The molecular formula is C8H12N4. The average molecular weight is 164 g/mol. The minimum absolute atomic E-state index is 0.311. The highest BCUT2D eigenvalue weighted by Crippen LogP contribution is 2.18. The SMILES string of the molecule is Cc1nccnc1N1CC(N)C1. The zero-order valence-electron chi connectivity index (χ0n) is 7.07. The van der Waals surface area contributed by atoms with Gasteiger partial charge in [0.1, 0.15) is 5.82 Å². The highest BCUT2D eigenvalue weighted by molar-refractivity contribution is 5.45. The smallest absolute Gasteiger partial charge is 0.150 e. The van der Waals surface area contributed by atoms with E-state index in [4.69, 9.17) is 5.73 Å². The van der Waals surface area contributed by atoms with Gasteiger partial charge in [-0.15, -0.1) is 0 Å². The van der Waals surface area contributed by atoms with Crippen molar-refractivity contribution in [3.8, 4) is 0 Å². The summed E-state index contributed by atoms with van der Waals surface area (Å²) in [6.07, 6.45) is 3.42. The Hall–Kier alpha value is -1.16. The van der Waals surface area contributed by atoms with Crippen LogP contribution in [0.3, 0.4) is 0 Å². The standard InChI is InChI=1S/C8H12N4/c1-6-8(11-3-2-10-6)12-4-7(9)5-12/h2-3,7H,4-5,9H2,1H3. The Morgan fingerprint density at radius 3 is 2.67 bits per heavy atom. The summed E-state index contributed by atoms with van der Waals surface area (Å²) in [5.74, 6) is 0.971. The van der Waals surface area contributed by atoms with Gasteiger partial charge in [-0.1, -0.05) is 0 Å². The molecule has 0 spiro atoms. The van der Waals surface area contributed by atoms with Crippen molar-refractivity contribution in [2.75, 3.05) is 18.0 Å². The van der Waals surface area contributed by atoms with Gasteiger partial charge in [-0.25, -0.2) is 4.98 Å². The van der Waals surface area contributed by atoms with Gasteiger partial charge in [-0.05, 0) is 6.92 Å². The van der Waals surface area contributed by atoms with E-state index in [0.717, 1.165) is 24.6 Å². The molecule has 0 amide bonds. The van der Waals surface area contributed by atoms with E-state index >= 15 is 0 Å². The fraction of sp³-hybridized carbons (Fsp3) is 0.500. The lowest BCUT2D eigenvalue weighted by Gasteiger charge is -2.38. The summed E-state index contributed by atoms with van der Waals surface area (Å²) in [6.45, 7) is 3.77. The molecule has 1 fully saturated rings. The molecule has 2 N–H and O–H groups in total. The minimum atomic E-state index is 0.311. The molecule has 1 aliphatic rings. The Balaban J connectivity index is 2.18. The second-order valence-corrected chi connectivity index (χ2v) is 3.13. The molecular weight excluding hydrogens is 152 g/mol.